The Labute approximate surface area is 170 Å². The van der Waals surface area contributed by atoms with E-state index in [1.165, 1.54) is 44.6 Å². The third-order valence-electron chi connectivity index (χ3n) is 6.08. The number of hydrogen-bond donors (Lipinski definition) is 1. The van der Waals surface area contributed by atoms with Crippen molar-refractivity contribution in [1.29, 1.82) is 0 Å². The molecule has 5 nitrogen and oxygen atoms in total. The number of aromatic nitrogens is 2. The fourth-order valence-corrected chi connectivity index (χ4v) is 5.24. The molecule has 3 aliphatic carbocycles. The number of hydrogen-bond acceptors (Lipinski definition) is 5. The zero-order chi connectivity index (χ0) is 19.7. The molecule has 0 amide bonds. The molecule has 7 heteroatoms. The Balaban J connectivity index is 1.37. The highest BCUT2D eigenvalue weighted by Gasteiger charge is 2.28. The summed E-state index contributed by atoms with van der Waals surface area (Å²) < 4.78 is 20.3. The summed E-state index contributed by atoms with van der Waals surface area (Å²) in [5.41, 5.74) is 0.259. The second-order valence-electron chi connectivity index (χ2n) is 8.57. The van der Waals surface area contributed by atoms with Gasteiger partial charge in [0, 0.05) is 17.7 Å². The average molecular weight is 408 g/mol. The topological polar surface area (TPSA) is 58.2 Å². The fraction of sp³-hybridized carbons (Fsp3) is 0.714. The minimum absolute atomic E-state index is 0.0894. The first-order chi connectivity index (χ1) is 13.5. The summed E-state index contributed by atoms with van der Waals surface area (Å²) in [5.74, 6) is 1.44. The lowest BCUT2D eigenvalue weighted by Crippen LogP contribution is -2.33. The molecule has 28 heavy (non-hydrogen) atoms. The van der Waals surface area contributed by atoms with Gasteiger partial charge in [0.1, 0.15) is 11.7 Å². The van der Waals surface area contributed by atoms with Crippen molar-refractivity contribution in [3.63, 3.8) is 0 Å². The summed E-state index contributed by atoms with van der Waals surface area (Å²) >= 11 is 1.86. The summed E-state index contributed by atoms with van der Waals surface area (Å²) in [6.45, 7) is 0.672. The minimum atomic E-state index is -0.503. The highest BCUT2D eigenvalue weighted by Crippen LogP contribution is 2.33. The number of halogens is 1. The Kier molecular flexibility index (Phi) is 6.23. The van der Waals surface area contributed by atoms with Gasteiger partial charge in [0.2, 0.25) is 0 Å². The van der Waals surface area contributed by atoms with Crippen LogP contribution in [0.3, 0.4) is 0 Å². The molecule has 2 fully saturated rings. The lowest BCUT2D eigenvalue weighted by Gasteiger charge is -2.32. The highest BCUT2D eigenvalue weighted by atomic mass is 32.2. The van der Waals surface area contributed by atoms with Gasteiger partial charge in [0.25, 0.3) is 5.56 Å². The number of fused-ring (bicyclic) bond motifs is 1. The van der Waals surface area contributed by atoms with Crippen molar-refractivity contribution in [2.45, 2.75) is 68.1 Å². The molecule has 1 heterocycles. The van der Waals surface area contributed by atoms with Crippen molar-refractivity contribution in [2.24, 2.45) is 5.92 Å². The van der Waals surface area contributed by atoms with Gasteiger partial charge in [-0.3, -0.25) is 4.79 Å². The third kappa shape index (κ3) is 4.86. The normalized spacial score (nSPS) is 27.6. The number of thioether (sulfide) groups is 1. The maximum absolute atomic E-state index is 14.4. The summed E-state index contributed by atoms with van der Waals surface area (Å²) in [5, 5.41) is 0.601. The second-order valence-corrected chi connectivity index (χ2v) is 9.86. The Morgan fingerprint density at radius 2 is 2.00 bits per heavy atom. The van der Waals surface area contributed by atoms with Crippen molar-refractivity contribution < 1.29 is 9.13 Å². The van der Waals surface area contributed by atoms with Crippen molar-refractivity contribution >= 4 is 17.6 Å². The molecule has 1 unspecified atom stereocenters. The molecule has 0 aromatic carbocycles. The SMILES string of the molecule is CN(C)C1CCC(SCc2nc3c(c(=O)[nH]2)C(F)=CC(OCC2CC2)C3)CC1. The quantitative estimate of drug-likeness (QED) is 0.749. The highest BCUT2D eigenvalue weighted by molar-refractivity contribution is 7.99. The first-order valence-electron chi connectivity index (χ1n) is 10.4. The molecule has 0 saturated heterocycles. The summed E-state index contributed by atoms with van der Waals surface area (Å²) in [7, 11) is 4.30. The van der Waals surface area contributed by atoms with Gasteiger partial charge in [-0.2, -0.15) is 11.8 Å². The van der Waals surface area contributed by atoms with Crippen molar-refractivity contribution in [3.8, 4) is 0 Å². The van der Waals surface area contributed by atoms with E-state index in [2.05, 4.69) is 29.0 Å². The van der Waals surface area contributed by atoms with E-state index in [1.54, 1.807) is 0 Å². The number of rotatable bonds is 7. The third-order valence-corrected chi connectivity index (χ3v) is 7.46. The van der Waals surface area contributed by atoms with Gasteiger partial charge in [0.15, 0.2) is 0 Å². The van der Waals surface area contributed by atoms with E-state index in [0.717, 1.165) is 0 Å². The van der Waals surface area contributed by atoms with Gasteiger partial charge in [-0.25, -0.2) is 9.37 Å². The van der Waals surface area contributed by atoms with Gasteiger partial charge in [-0.15, -0.1) is 0 Å². The van der Waals surface area contributed by atoms with E-state index >= 15 is 0 Å². The fourth-order valence-electron chi connectivity index (χ4n) is 4.11. The molecule has 1 atom stereocenters. The maximum atomic E-state index is 14.4. The Bertz CT molecular complexity index is 782. The zero-order valence-corrected chi connectivity index (χ0v) is 17.6. The van der Waals surface area contributed by atoms with Crippen LogP contribution in [-0.2, 0) is 16.9 Å². The molecule has 0 aliphatic heterocycles. The molecule has 3 aliphatic rings. The molecule has 0 bridgehead atoms. The van der Waals surface area contributed by atoms with E-state index in [4.69, 9.17) is 4.74 Å². The van der Waals surface area contributed by atoms with Crippen LogP contribution < -0.4 is 5.56 Å². The minimum Gasteiger partial charge on any atom is -0.373 e. The van der Waals surface area contributed by atoms with Gasteiger partial charge in [0.05, 0.1) is 29.7 Å². The molecule has 1 aromatic heterocycles. The number of aromatic amines is 1. The van der Waals surface area contributed by atoms with Gasteiger partial charge >= 0.3 is 0 Å². The van der Waals surface area contributed by atoms with Crippen molar-refractivity contribution in [3.05, 3.63) is 33.5 Å². The molecule has 154 valence electrons. The van der Waals surface area contributed by atoms with Crippen LogP contribution in [0, 0.1) is 5.92 Å². The maximum Gasteiger partial charge on any atom is 0.261 e. The molecule has 1 N–H and O–H groups in total. The molecule has 2 saturated carbocycles. The summed E-state index contributed by atoms with van der Waals surface area (Å²) in [6.07, 6.45) is 8.81. The van der Waals surface area contributed by atoms with Gasteiger partial charge < -0.3 is 14.6 Å². The number of H-pyrrole nitrogens is 1. The van der Waals surface area contributed by atoms with E-state index < -0.39 is 5.83 Å². The lowest BCUT2D eigenvalue weighted by molar-refractivity contribution is 0.0752. The van der Waals surface area contributed by atoms with E-state index in [9.17, 15) is 9.18 Å². The standard InChI is InChI=1S/C21H30FN3O2S/c1-25(2)14-5-7-16(8-6-14)28-12-19-23-18-10-15(27-11-13-3-4-13)9-17(22)20(18)21(26)24-19/h9,13-16H,3-8,10-12H2,1-2H3,(H,23,24,26). The van der Waals surface area contributed by atoms with Crippen molar-refractivity contribution in [2.75, 3.05) is 20.7 Å². The molecular weight excluding hydrogens is 377 g/mol. The predicted octanol–water partition coefficient (Wildman–Crippen LogP) is 3.54. The van der Waals surface area contributed by atoms with Gasteiger partial charge in [-0.1, -0.05) is 0 Å². The van der Waals surface area contributed by atoms with Crippen LogP contribution in [0.25, 0.3) is 5.83 Å². The Morgan fingerprint density at radius 1 is 1.25 bits per heavy atom. The second kappa shape index (κ2) is 8.67. The first kappa shape index (κ1) is 20.1. The molecule has 4 rings (SSSR count). The van der Waals surface area contributed by atoms with Crippen LogP contribution in [0.4, 0.5) is 4.39 Å². The number of nitrogens with one attached hydrogen (secondary N) is 1. The average Bonchev–Trinajstić information content (AvgIpc) is 3.49. The van der Waals surface area contributed by atoms with Crippen LogP contribution in [0.15, 0.2) is 10.9 Å². The lowest BCUT2D eigenvalue weighted by atomic mass is 9.94. The van der Waals surface area contributed by atoms with Gasteiger partial charge in [-0.05, 0) is 64.6 Å². The Morgan fingerprint density at radius 3 is 2.68 bits per heavy atom. The monoisotopic (exact) mass is 407 g/mol. The smallest absolute Gasteiger partial charge is 0.261 e. The van der Waals surface area contributed by atoms with Crippen LogP contribution in [0.1, 0.15) is 55.6 Å². The van der Waals surface area contributed by atoms with Crippen molar-refractivity contribution in [1.82, 2.24) is 14.9 Å². The Hall–Kier alpha value is -1.18. The van der Waals surface area contributed by atoms with Crippen LogP contribution in [0.2, 0.25) is 0 Å². The zero-order valence-electron chi connectivity index (χ0n) is 16.7. The molecule has 0 radical (unpaired) electrons. The summed E-state index contributed by atoms with van der Waals surface area (Å²) in [4.78, 5) is 22.1. The summed E-state index contributed by atoms with van der Waals surface area (Å²) in [6, 6.07) is 0.681. The molecule has 0 spiro atoms. The van der Waals surface area contributed by atoms with Crippen LogP contribution in [-0.4, -0.2) is 53.0 Å². The largest absolute Gasteiger partial charge is 0.373 e. The predicted molar refractivity (Wildman–Crippen MR) is 111 cm³/mol. The number of nitrogens with zero attached hydrogens (tertiary/aromatic N) is 2. The molecular formula is C21H30FN3O2S. The van der Waals surface area contributed by atoms with Crippen LogP contribution in [0.5, 0.6) is 0 Å². The van der Waals surface area contributed by atoms with Crippen LogP contribution >= 0.6 is 11.8 Å². The molecule has 1 aromatic rings. The van der Waals surface area contributed by atoms with E-state index in [-0.39, 0.29) is 17.2 Å². The van der Waals surface area contributed by atoms with E-state index in [1.807, 2.05) is 11.8 Å². The van der Waals surface area contributed by atoms with E-state index in [0.29, 0.717) is 47.5 Å². The number of ether oxygens (including phenoxy) is 1. The first-order valence-corrected chi connectivity index (χ1v) is 11.4.